The van der Waals surface area contributed by atoms with Crippen LogP contribution in [0.3, 0.4) is 0 Å². The zero-order valence-corrected chi connectivity index (χ0v) is 13.7. The lowest BCUT2D eigenvalue weighted by Gasteiger charge is -2.11. The van der Waals surface area contributed by atoms with Crippen LogP contribution in [0.4, 0.5) is 5.69 Å². The zero-order valence-electron chi connectivity index (χ0n) is 12.1. The molecule has 0 fully saturated rings. The van der Waals surface area contributed by atoms with E-state index in [1.807, 2.05) is 16.8 Å². The largest absolute Gasteiger partial charge is 0.462 e. The monoisotopic (exact) mass is 351 g/mol. The van der Waals surface area contributed by atoms with Gasteiger partial charge in [-0.1, -0.05) is 0 Å². The van der Waals surface area contributed by atoms with Crippen LogP contribution in [0.15, 0.2) is 34.9 Å². The van der Waals surface area contributed by atoms with E-state index in [-0.39, 0.29) is 5.97 Å². The number of ether oxygens (including phenoxy) is 1. The molecule has 1 heterocycles. The van der Waals surface area contributed by atoms with Gasteiger partial charge in [0, 0.05) is 22.9 Å². The lowest BCUT2D eigenvalue weighted by Crippen LogP contribution is -2.09. The van der Waals surface area contributed by atoms with Crippen LogP contribution in [-0.4, -0.2) is 22.4 Å². The lowest BCUT2D eigenvalue weighted by atomic mass is 10.2. The summed E-state index contributed by atoms with van der Waals surface area (Å²) in [6.07, 6.45) is 1.79. The van der Waals surface area contributed by atoms with E-state index in [9.17, 15) is 4.79 Å². The van der Waals surface area contributed by atoms with Crippen molar-refractivity contribution in [1.82, 2.24) is 9.78 Å². The highest BCUT2D eigenvalue weighted by molar-refractivity contribution is 9.10. The number of hydrogen-bond donors (Lipinski definition) is 1. The van der Waals surface area contributed by atoms with Gasteiger partial charge in [-0.05, 0) is 54.0 Å². The van der Waals surface area contributed by atoms with Crippen LogP contribution in [0.2, 0.25) is 0 Å². The first-order valence-corrected chi connectivity index (χ1v) is 7.66. The molecule has 2 aromatic rings. The summed E-state index contributed by atoms with van der Waals surface area (Å²) in [4.78, 5) is 11.7. The van der Waals surface area contributed by atoms with Crippen molar-refractivity contribution < 1.29 is 9.53 Å². The molecule has 112 valence electrons. The summed E-state index contributed by atoms with van der Waals surface area (Å²) in [5, 5.41) is 7.56. The molecule has 1 aromatic heterocycles. The van der Waals surface area contributed by atoms with E-state index in [1.54, 1.807) is 25.3 Å². The lowest BCUT2D eigenvalue weighted by molar-refractivity contribution is 0.0526. The van der Waals surface area contributed by atoms with Crippen LogP contribution < -0.4 is 5.32 Å². The molecule has 0 spiro atoms. The van der Waals surface area contributed by atoms with E-state index >= 15 is 0 Å². The third-order valence-corrected chi connectivity index (χ3v) is 3.70. The number of halogens is 1. The second-order valence-electron chi connectivity index (χ2n) is 4.41. The first-order valence-electron chi connectivity index (χ1n) is 6.87. The van der Waals surface area contributed by atoms with Gasteiger partial charge in [0.25, 0.3) is 0 Å². The SMILES string of the molecule is CCOC(=O)c1ccc(NCc2ccnn2CC)c(Br)c1. The average Bonchev–Trinajstić information content (AvgIpc) is 2.93. The number of aromatic nitrogens is 2. The van der Waals surface area contributed by atoms with Crippen molar-refractivity contribution >= 4 is 27.6 Å². The molecule has 2 rings (SSSR count). The third kappa shape index (κ3) is 3.85. The van der Waals surface area contributed by atoms with Crippen LogP contribution >= 0.6 is 15.9 Å². The molecule has 0 aliphatic rings. The van der Waals surface area contributed by atoms with Gasteiger partial charge in [-0.3, -0.25) is 4.68 Å². The van der Waals surface area contributed by atoms with Crippen molar-refractivity contribution in [2.24, 2.45) is 0 Å². The number of esters is 1. The molecule has 0 saturated heterocycles. The molecule has 5 nitrogen and oxygen atoms in total. The minimum absolute atomic E-state index is 0.311. The number of carbonyl (C=O) groups is 1. The van der Waals surface area contributed by atoms with Crippen molar-refractivity contribution in [1.29, 1.82) is 0 Å². The summed E-state index contributed by atoms with van der Waals surface area (Å²) < 4.78 is 7.75. The van der Waals surface area contributed by atoms with Gasteiger partial charge in [0.05, 0.1) is 24.4 Å². The molecule has 0 aliphatic carbocycles. The minimum Gasteiger partial charge on any atom is -0.462 e. The van der Waals surface area contributed by atoms with E-state index in [0.717, 1.165) is 22.4 Å². The Morgan fingerprint density at radius 3 is 2.86 bits per heavy atom. The van der Waals surface area contributed by atoms with Gasteiger partial charge in [0.2, 0.25) is 0 Å². The quantitative estimate of drug-likeness (QED) is 0.809. The van der Waals surface area contributed by atoms with E-state index < -0.39 is 0 Å². The van der Waals surface area contributed by atoms with Gasteiger partial charge in [-0.25, -0.2) is 4.79 Å². The summed E-state index contributed by atoms with van der Waals surface area (Å²) in [6.45, 7) is 5.73. The van der Waals surface area contributed by atoms with Crippen LogP contribution in [0.25, 0.3) is 0 Å². The van der Waals surface area contributed by atoms with E-state index in [1.165, 1.54) is 0 Å². The number of anilines is 1. The molecule has 0 atom stereocenters. The van der Waals surface area contributed by atoms with Crippen LogP contribution in [0.5, 0.6) is 0 Å². The maximum absolute atomic E-state index is 11.7. The topological polar surface area (TPSA) is 56.1 Å². The fraction of sp³-hybridized carbons (Fsp3) is 0.333. The van der Waals surface area contributed by atoms with Crippen LogP contribution in [0.1, 0.15) is 29.9 Å². The molecular weight excluding hydrogens is 334 g/mol. The maximum atomic E-state index is 11.7. The number of nitrogens with zero attached hydrogens (tertiary/aromatic N) is 2. The summed E-state index contributed by atoms with van der Waals surface area (Å²) in [5.41, 5.74) is 2.57. The highest BCUT2D eigenvalue weighted by Gasteiger charge is 2.09. The smallest absolute Gasteiger partial charge is 0.338 e. The molecule has 0 radical (unpaired) electrons. The van der Waals surface area contributed by atoms with E-state index in [0.29, 0.717) is 18.7 Å². The summed E-state index contributed by atoms with van der Waals surface area (Å²) in [7, 11) is 0. The Morgan fingerprint density at radius 1 is 1.38 bits per heavy atom. The van der Waals surface area contributed by atoms with Gasteiger partial charge in [0.15, 0.2) is 0 Å². The van der Waals surface area contributed by atoms with Gasteiger partial charge < -0.3 is 10.1 Å². The first kappa shape index (κ1) is 15.6. The Kier molecular flexibility index (Phi) is 5.38. The zero-order chi connectivity index (χ0) is 15.2. The Labute approximate surface area is 132 Å². The minimum atomic E-state index is -0.311. The highest BCUT2D eigenvalue weighted by atomic mass is 79.9. The average molecular weight is 352 g/mol. The van der Waals surface area contributed by atoms with Crippen LogP contribution in [-0.2, 0) is 17.8 Å². The number of carbonyl (C=O) groups excluding carboxylic acids is 1. The molecule has 6 heteroatoms. The van der Waals surface area contributed by atoms with Gasteiger partial charge in [-0.15, -0.1) is 0 Å². The Bertz CT molecular complexity index is 625. The van der Waals surface area contributed by atoms with Crippen molar-refractivity contribution in [3.63, 3.8) is 0 Å². The van der Waals surface area contributed by atoms with Crippen molar-refractivity contribution in [2.45, 2.75) is 26.9 Å². The fourth-order valence-electron chi connectivity index (χ4n) is 1.98. The molecule has 0 bridgehead atoms. The molecule has 1 aromatic carbocycles. The Balaban J connectivity index is 2.06. The first-order chi connectivity index (χ1) is 10.2. The summed E-state index contributed by atoms with van der Waals surface area (Å²) in [6, 6.07) is 7.36. The van der Waals surface area contributed by atoms with Crippen LogP contribution in [0, 0.1) is 0 Å². The normalized spacial score (nSPS) is 10.4. The van der Waals surface area contributed by atoms with Crippen molar-refractivity contribution in [2.75, 3.05) is 11.9 Å². The number of rotatable bonds is 6. The van der Waals surface area contributed by atoms with Gasteiger partial charge in [0.1, 0.15) is 0 Å². The predicted octanol–water partition coefficient (Wildman–Crippen LogP) is 3.45. The maximum Gasteiger partial charge on any atom is 0.338 e. The van der Waals surface area contributed by atoms with Crippen molar-refractivity contribution in [3.05, 3.63) is 46.2 Å². The fourth-order valence-corrected chi connectivity index (χ4v) is 2.50. The second kappa shape index (κ2) is 7.26. The standard InChI is InChI=1S/C15H18BrN3O2/c1-3-19-12(7-8-18-19)10-17-14-6-5-11(9-13(14)16)15(20)21-4-2/h5-9,17H,3-4,10H2,1-2H3. The van der Waals surface area contributed by atoms with Gasteiger partial charge in [-0.2, -0.15) is 5.10 Å². The summed E-state index contributed by atoms with van der Waals surface area (Å²) >= 11 is 3.47. The molecule has 0 saturated carbocycles. The Hall–Kier alpha value is -1.82. The van der Waals surface area contributed by atoms with Gasteiger partial charge >= 0.3 is 5.97 Å². The molecular formula is C15H18BrN3O2. The van der Waals surface area contributed by atoms with E-state index in [2.05, 4.69) is 33.3 Å². The van der Waals surface area contributed by atoms with Crippen molar-refractivity contribution in [3.8, 4) is 0 Å². The molecule has 1 N–H and O–H groups in total. The molecule has 21 heavy (non-hydrogen) atoms. The number of aryl methyl sites for hydroxylation is 1. The molecule has 0 unspecified atom stereocenters. The number of hydrogen-bond acceptors (Lipinski definition) is 4. The predicted molar refractivity (Wildman–Crippen MR) is 85.3 cm³/mol. The summed E-state index contributed by atoms with van der Waals surface area (Å²) in [5.74, 6) is -0.311. The second-order valence-corrected chi connectivity index (χ2v) is 5.26. The third-order valence-electron chi connectivity index (χ3n) is 3.04. The number of nitrogens with one attached hydrogen (secondary N) is 1. The highest BCUT2D eigenvalue weighted by Crippen LogP contribution is 2.24. The Morgan fingerprint density at radius 2 is 2.19 bits per heavy atom. The van der Waals surface area contributed by atoms with E-state index in [4.69, 9.17) is 4.74 Å². The molecule has 0 aliphatic heterocycles. The molecule has 0 amide bonds. The number of benzene rings is 1.